The summed E-state index contributed by atoms with van der Waals surface area (Å²) in [6, 6.07) is 3.63. The third-order valence-electron chi connectivity index (χ3n) is 3.39. The second-order valence-electron chi connectivity index (χ2n) is 5.03. The molecule has 1 saturated heterocycles. The van der Waals surface area contributed by atoms with Crippen molar-refractivity contribution in [3.8, 4) is 0 Å². The Balaban J connectivity index is 0.000000221. The Bertz CT molecular complexity index is 411. The van der Waals surface area contributed by atoms with E-state index < -0.39 is 18.1 Å². The van der Waals surface area contributed by atoms with Gasteiger partial charge in [-0.1, -0.05) is 6.07 Å². The normalized spacial score (nSPS) is 21.7. The number of rotatable bonds is 3. The van der Waals surface area contributed by atoms with Crippen LogP contribution in [0.5, 0.6) is 0 Å². The summed E-state index contributed by atoms with van der Waals surface area (Å²) in [4.78, 5) is 16.4. The number of hydrogen-bond donors (Lipinski definition) is 3. The molecule has 3 unspecified atom stereocenters. The fourth-order valence-electron chi connectivity index (χ4n) is 2.11. The van der Waals surface area contributed by atoms with Gasteiger partial charge < -0.3 is 15.9 Å². The number of carboxylic acids is 1. The van der Waals surface area contributed by atoms with Crippen LogP contribution in [0.3, 0.4) is 0 Å². The fourth-order valence-corrected chi connectivity index (χ4v) is 2.11. The molecule has 6 nitrogen and oxygen atoms in total. The van der Waals surface area contributed by atoms with Crippen molar-refractivity contribution in [2.75, 3.05) is 13.6 Å². The highest BCUT2D eigenvalue weighted by atomic mass is 16.4. The molecule has 0 aromatic carbocycles. The second kappa shape index (κ2) is 7.94. The lowest BCUT2D eigenvalue weighted by Gasteiger charge is -2.18. The summed E-state index contributed by atoms with van der Waals surface area (Å²) < 4.78 is 0. The van der Waals surface area contributed by atoms with Gasteiger partial charge in [-0.25, -0.2) is 0 Å². The highest BCUT2D eigenvalue weighted by molar-refractivity contribution is 5.73. The second-order valence-corrected chi connectivity index (χ2v) is 5.03. The van der Waals surface area contributed by atoms with E-state index in [-0.39, 0.29) is 0 Å². The summed E-state index contributed by atoms with van der Waals surface area (Å²) in [6.45, 7) is 2.55. The van der Waals surface area contributed by atoms with Gasteiger partial charge in [-0.15, -0.1) is 0 Å². The monoisotopic (exact) mass is 281 g/mol. The SMILES string of the molecule is CC(O)C(N)C(=O)O.CN1CCCC1c1cccnc1. The summed E-state index contributed by atoms with van der Waals surface area (Å²) in [7, 11) is 2.19. The minimum atomic E-state index is -1.18. The molecule has 2 rings (SSSR count). The number of aromatic nitrogens is 1. The van der Waals surface area contributed by atoms with Crippen molar-refractivity contribution in [2.45, 2.75) is 38.0 Å². The minimum Gasteiger partial charge on any atom is -0.480 e. The lowest BCUT2D eigenvalue weighted by Crippen LogP contribution is -2.39. The van der Waals surface area contributed by atoms with Crippen LogP contribution in [-0.2, 0) is 4.79 Å². The van der Waals surface area contributed by atoms with Crippen LogP contribution in [0.15, 0.2) is 24.5 Å². The molecule has 20 heavy (non-hydrogen) atoms. The van der Waals surface area contributed by atoms with Crippen molar-refractivity contribution in [2.24, 2.45) is 5.73 Å². The van der Waals surface area contributed by atoms with Crippen molar-refractivity contribution >= 4 is 5.97 Å². The van der Waals surface area contributed by atoms with Gasteiger partial charge in [0, 0.05) is 18.4 Å². The average Bonchev–Trinajstić information content (AvgIpc) is 2.85. The molecule has 0 radical (unpaired) electrons. The molecule has 0 saturated carbocycles. The fraction of sp³-hybridized carbons (Fsp3) is 0.571. The van der Waals surface area contributed by atoms with Gasteiger partial charge in [0.2, 0.25) is 0 Å². The Morgan fingerprint density at radius 1 is 1.60 bits per heavy atom. The Morgan fingerprint density at radius 2 is 2.30 bits per heavy atom. The molecule has 1 fully saturated rings. The Morgan fingerprint density at radius 3 is 2.65 bits per heavy atom. The largest absolute Gasteiger partial charge is 0.480 e. The van der Waals surface area contributed by atoms with Crippen LogP contribution < -0.4 is 5.73 Å². The maximum Gasteiger partial charge on any atom is 0.323 e. The van der Waals surface area contributed by atoms with Crippen molar-refractivity contribution in [1.29, 1.82) is 0 Å². The van der Waals surface area contributed by atoms with E-state index in [2.05, 4.69) is 23.0 Å². The number of aliphatic hydroxyl groups is 1. The van der Waals surface area contributed by atoms with Crippen molar-refractivity contribution in [1.82, 2.24) is 9.88 Å². The molecule has 0 bridgehead atoms. The summed E-state index contributed by atoms with van der Waals surface area (Å²) in [5.74, 6) is -1.18. The average molecular weight is 281 g/mol. The molecule has 1 aliphatic heterocycles. The Hall–Kier alpha value is -1.50. The number of pyridine rings is 1. The standard InChI is InChI=1S/C10H14N2.C4H9NO3/c1-12-7-3-5-10(12)9-4-2-6-11-8-9;1-2(6)3(5)4(7)8/h2,4,6,8,10H,3,5,7H2,1H3;2-3,6H,5H2,1H3,(H,7,8). The van der Waals surface area contributed by atoms with Gasteiger partial charge in [0.05, 0.1) is 6.10 Å². The first-order valence-electron chi connectivity index (χ1n) is 6.70. The third-order valence-corrected chi connectivity index (χ3v) is 3.39. The molecule has 0 aliphatic carbocycles. The van der Waals surface area contributed by atoms with Crippen LogP contribution in [0.2, 0.25) is 0 Å². The molecule has 1 aliphatic rings. The van der Waals surface area contributed by atoms with Crippen LogP contribution in [0.25, 0.3) is 0 Å². The molecule has 6 heteroatoms. The van der Waals surface area contributed by atoms with Gasteiger partial charge >= 0.3 is 5.97 Å². The van der Waals surface area contributed by atoms with Crippen molar-refractivity contribution in [3.63, 3.8) is 0 Å². The number of aliphatic hydroxyl groups excluding tert-OH is 1. The number of aliphatic carboxylic acids is 1. The first-order chi connectivity index (χ1) is 9.43. The molecule has 0 amide bonds. The van der Waals surface area contributed by atoms with Crippen LogP contribution >= 0.6 is 0 Å². The first-order valence-corrected chi connectivity index (χ1v) is 6.70. The molecular formula is C14H23N3O3. The van der Waals surface area contributed by atoms with E-state index in [9.17, 15) is 4.79 Å². The van der Waals surface area contributed by atoms with Crippen LogP contribution in [0.4, 0.5) is 0 Å². The molecule has 2 heterocycles. The Kier molecular flexibility index (Phi) is 6.57. The van der Waals surface area contributed by atoms with E-state index >= 15 is 0 Å². The molecule has 4 N–H and O–H groups in total. The van der Waals surface area contributed by atoms with Crippen LogP contribution in [0.1, 0.15) is 31.4 Å². The molecule has 1 aromatic heterocycles. The predicted molar refractivity (Wildman–Crippen MR) is 76.1 cm³/mol. The van der Waals surface area contributed by atoms with Gasteiger partial charge in [0.15, 0.2) is 0 Å². The topological polar surface area (TPSA) is 99.7 Å². The molecule has 3 atom stereocenters. The van der Waals surface area contributed by atoms with Crippen LogP contribution in [-0.4, -0.2) is 51.8 Å². The van der Waals surface area contributed by atoms with Gasteiger partial charge in [0.1, 0.15) is 6.04 Å². The lowest BCUT2D eigenvalue weighted by atomic mass is 10.1. The number of nitrogens with two attached hydrogens (primary N) is 1. The number of carboxylic acid groups (broad SMARTS) is 1. The zero-order chi connectivity index (χ0) is 15.1. The summed E-state index contributed by atoms with van der Waals surface area (Å²) in [6.07, 6.45) is 5.43. The van der Waals surface area contributed by atoms with Crippen molar-refractivity contribution < 1.29 is 15.0 Å². The smallest absolute Gasteiger partial charge is 0.323 e. The lowest BCUT2D eigenvalue weighted by molar-refractivity contribution is -0.140. The highest BCUT2D eigenvalue weighted by Crippen LogP contribution is 2.29. The maximum absolute atomic E-state index is 9.86. The summed E-state index contributed by atoms with van der Waals surface area (Å²) >= 11 is 0. The quantitative estimate of drug-likeness (QED) is 0.751. The number of likely N-dealkylation sites (tertiary alicyclic amines) is 1. The van der Waals surface area contributed by atoms with E-state index in [1.165, 1.54) is 31.9 Å². The van der Waals surface area contributed by atoms with Gasteiger partial charge in [-0.05, 0) is 45.0 Å². The van der Waals surface area contributed by atoms with E-state index in [0.717, 1.165) is 0 Å². The molecule has 0 spiro atoms. The number of nitrogens with zero attached hydrogens (tertiary/aromatic N) is 2. The predicted octanol–water partition coefficient (Wildman–Crippen LogP) is 0.627. The molecule has 112 valence electrons. The Labute approximate surface area is 119 Å². The number of carbonyl (C=O) groups is 1. The summed E-state index contributed by atoms with van der Waals surface area (Å²) in [5.41, 5.74) is 6.27. The van der Waals surface area contributed by atoms with Gasteiger partial charge in [-0.2, -0.15) is 0 Å². The first kappa shape index (κ1) is 16.6. The third kappa shape index (κ3) is 4.88. The van der Waals surface area contributed by atoms with E-state index in [4.69, 9.17) is 15.9 Å². The van der Waals surface area contributed by atoms with Gasteiger partial charge in [0.25, 0.3) is 0 Å². The summed E-state index contributed by atoms with van der Waals surface area (Å²) in [5, 5.41) is 16.6. The molecular weight excluding hydrogens is 258 g/mol. The van der Waals surface area contributed by atoms with Crippen LogP contribution in [0, 0.1) is 0 Å². The minimum absolute atomic E-state index is 0.610. The molecule has 1 aromatic rings. The van der Waals surface area contributed by atoms with E-state index in [1.54, 1.807) is 0 Å². The van der Waals surface area contributed by atoms with Crippen molar-refractivity contribution in [3.05, 3.63) is 30.1 Å². The van der Waals surface area contributed by atoms with Gasteiger partial charge in [-0.3, -0.25) is 14.7 Å². The van der Waals surface area contributed by atoms with E-state index in [1.807, 2.05) is 18.5 Å². The number of hydrogen-bond acceptors (Lipinski definition) is 5. The zero-order valence-electron chi connectivity index (χ0n) is 11.9. The highest BCUT2D eigenvalue weighted by Gasteiger charge is 2.22. The van der Waals surface area contributed by atoms with E-state index in [0.29, 0.717) is 6.04 Å². The zero-order valence-corrected chi connectivity index (χ0v) is 11.9. The maximum atomic E-state index is 9.86.